The summed E-state index contributed by atoms with van der Waals surface area (Å²) >= 11 is 6.51. The minimum Gasteiger partial charge on any atom is -0.493 e. The van der Waals surface area contributed by atoms with Gasteiger partial charge in [0.25, 0.3) is 0 Å². The van der Waals surface area contributed by atoms with Crippen LogP contribution in [0.4, 0.5) is 0 Å². The molecule has 1 aromatic rings. The Kier molecular flexibility index (Phi) is 4.82. The Morgan fingerprint density at radius 3 is 2.55 bits per heavy atom. The van der Waals surface area contributed by atoms with Crippen LogP contribution in [0.5, 0.6) is 11.5 Å². The Hall–Kier alpha value is -0.930. The molecule has 1 heterocycles. The van der Waals surface area contributed by atoms with Crippen molar-refractivity contribution in [2.24, 2.45) is 5.92 Å². The Balaban J connectivity index is 2.34. The van der Waals surface area contributed by atoms with Gasteiger partial charge in [-0.1, -0.05) is 31.5 Å². The number of rotatable bonds is 5. The second-order valence-electron chi connectivity index (χ2n) is 5.79. The zero-order valence-electron chi connectivity index (χ0n) is 12.8. The first-order valence-corrected chi connectivity index (χ1v) is 7.56. The number of hydrogen-bond acceptors (Lipinski definition) is 3. The largest absolute Gasteiger partial charge is 0.493 e. The third-order valence-corrected chi connectivity index (χ3v) is 4.87. The van der Waals surface area contributed by atoms with Gasteiger partial charge in [-0.25, -0.2) is 0 Å². The van der Waals surface area contributed by atoms with E-state index in [4.69, 9.17) is 21.1 Å². The van der Waals surface area contributed by atoms with E-state index in [2.05, 4.69) is 19.2 Å². The minimum absolute atomic E-state index is 0.142. The molecule has 1 saturated heterocycles. The zero-order chi connectivity index (χ0) is 14.8. The first kappa shape index (κ1) is 15.5. The van der Waals surface area contributed by atoms with Crippen molar-refractivity contribution in [3.05, 3.63) is 22.7 Å². The Labute approximate surface area is 126 Å². The van der Waals surface area contributed by atoms with Gasteiger partial charge in [0.2, 0.25) is 0 Å². The van der Waals surface area contributed by atoms with Gasteiger partial charge in [-0.05, 0) is 43.4 Å². The van der Waals surface area contributed by atoms with Crippen LogP contribution >= 0.6 is 11.6 Å². The molecule has 0 radical (unpaired) electrons. The Morgan fingerprint density at radius 1 is 1.30 bits per heavy atom. The molecule has 1 aromatic carbocycles. The zero-order valence-corrected chi connectivity index (χ0v) is 13.5. The van der Waals surface area contributed by atoms with Gasteiger partial charge in [0.1, 0.15) is 0 Å². The van der Waals surface area contributed by atoms with E-state index in [9.17, 15) is 0 Å². The molecule has 20 heavy (non-hydrogen) atoms. The van der Waals surface area contributed by atoms with Crippen LogP contribution in [0.15, 0.2) is 12.1 Å². The fourth-order valence-corrected chi connectivity index (χ4v) is 3.38. The summed E-state index contributed by atoms with van der Waals surface area (Å²) in [4.78, 5) is 0. The number of nitrogens with one attached hydrogen (secondary N) is 1. The molecular weight excluding hydrogens is 274 g/mol. The second kappa shape index (κ2) is 6.23. The second-order valence-corrected chi connectivity index (χ2v) is 6.17. The van der Waals surface area contributed by atoms with Gasteiger partial charge in [0.05, 0.1) is 19.2 Å². The highest BCUT2D eigenvalue weighted by Crippen LogP contribution is 2.40. The lowest BCUT2D eigenvalue weighted by atomic mass is 9.79. The molecule has 0 saturated carbocycles. The Morgan fingerprint density at radius 2 is 2.05 bits per heavy atom. The minimum atomic E-state index is 0.142. The highest BCUT2D eigenvalue weighted by atomic mass is 35.5. The van der Waals surface area contributed by atoms with Gasteiger partial charge >= 0.3 is 0 Å². The SMILES string of the molecule is COc1ccc(CC2(C(C)C)CCCN2)c(Cl)c1OC. The summed E-state index contributed by atoms with van der Waals surface area (Å²) in [6.45, 7) is 5.63. The van der Waals surface area contributed by atoms with Crippen molar-refractivity contribution in [1.82, 2.24) is 5.32 Å². The van der Waals surface area contributed by atoms with Crippen LogP contribution in [0.3, 0.4) is 0 Å². The number of hydrogen-bond donors (Lipinski definition) is 1. The molecule has 0 aliphatic carbocycles. The molecule has 2 rings (SSSR count). The summed E-state index contributed by atoms with van der Waals surface area (Å²) in [5.41, 5.74) is 1.26. The maximum Gasteiger partial charge on any atom is 0.179 e. The number of methoxy groups -OCH3 is 2. The predicted molar refractivity (Wildman–Crippen MR) is 83.1 cm³/mol. The molecule has 1 atom stereocenters. The van der Waals surface area contributed by atoms with E-state index in [1.54, 1.807) is 14.2 Å². The summed E-state index contributed by atoms with van der Waals surface area (Å²) in [5.74, 6) is 1.87. The van der Waals surface area contributed by atoms with Crippen molar-refractivity contribution in [1.29, 1.82) is 0 Å². The highest BCUT2D eigenvalue weighted by Gasteiger charge is 2.37. The molecule has 112 valence electrons. The van der Waals surface area contributed by atoms with Crippen molar-refractivity contribution in [3.8, 4) is 11.5 Å². The fourth-order valence-electron chi connectivity index (χ4n) is 3.08. The molecule has 3 nitrogen and oxygen atoms in total. The van der Waals surface area contributed by atoms with Crippen molar-refractivity contribution in [2.45, 2.75) is 38.6 Å². The van der Waals surface area contributed by atoms with Crippen LogP contribution in [0.2, 0.25) is 5.02 Å². The molecule has 1 N–H and O–H groups in total. The highest BCUT2D eigenvalue weighted by molar-refractivity contribution is 6.33. The quantitative estimate of drug-likeness (QED) is 0.899. The summed E-state index contributed by atoms with van der Waals surface area (Å²) in [6, 6.07) is 3.98. The van der Waals surface area contributed by atoms with Crippen molar-refractivity contribution < 1.29 is 9.47 Å². The molecule has 1 aliphatic rings. The van der Waals surface area contributed by atoms with Gasteiger partial charge < -0.3 is 14.8 Å². The third-order valence-electron chi connectivity index (χ3n) is 4.45. The summed E-state index contributed by atoms with van der Waals surface area (Å²) in [5, 5.41) is 4.35. The maximum atomic E-state index is 6.51. The molecule has 0 bridgehead atoms. The van der Waals surface area contributed by atoms with Crippen LogP contribution in [0.25, 0.3) is 0 Å². The number of ether oxygens (including phenoxy) is 2. The van der Waals surface area contributed by atoms with E-state index in [1.165, 1.54) is 12.8 Å². The normalized spacial score (nSPS) is 22.3. The fraction of sp³-hybridized carbons (Fsp3) is 0.625. The molecule has 4 heteroatoms. The first-order chi connectivity index (χ1) is 9.54. The van der Waals surface area contributed by atoms with Gasteiger partial charge in [0.15, 0.2) is 11.5 Å². The van der Waals surface area contributed by atoms with E-state index in [0.717, 1.165) is 18.5 Å². The molecular formula is C16H24ClNO2. The van der Waals surface area contributed by atoms with Crippen LogP contribution < -0.4 is 14.8 Å². The van der Waals surface area contributed by atoms with Crippen molar-refractivity contribution >= 4 is 11.6 Å². The van der Waals surface area contributed by atoms with Crippen LogP contribution in [-0.2, 0) is 6.42 Å². The van der Waals surface area contributed by atoms with E-state index in [-0.39, 0.29) is 5.54 Å². The number of halogens is 1. The summed E-state index contributed by atoms with van der Waals surface area (Å²) in [7, 11) is 3.25. The van der Waals surface area contributed by atoms with Crippen molar-refractivity contribution in [3.63, 3.8) is 0 Å². The molecule has 1 aliphatic heterocycles. The van der Waals surface area contributed by atoms with E-state index in [0.29, 0.717) is 22.4 Å². The summed E-state index contributed by atoms with van der Waals surface area (Å²) < 4.78 is 10.7. The predicted octanol–water partition coefficient (Wildman–Crippen LogP) is 3.68. The molecule has 0 aromatic heterocycles. The van der Waals surface area contributed by atoms with Gasteiger partial charge in [-0.2, -0.15) is 0 Å². The van der Waals surface area contributed by atoms with Gasteiger partial charge in [-0.3, -0.25) is 0 Å². The first-order valence-electron chi connectivity index (χ1n) is 7.18. The molecule has 0 amide bonds. The van der Waals surface area contributed by atoms with Gasteiger partial charge in [-0.15, -0.1) is 0 Å². The van der Waals surface area contributed by atoms with Crippen LogP contribution in [-0.4, -0.2) is 26.3 Å². The van der Waals surface area contributed by atoms with E-state index >= 15 is 0 Å². The monoisotopic (exact) mass is 297 g/mol. The third kappa shape index (κ3) is 2.75. The maximum absolute atomic E-state index is 6.51. The van der Waals surface area contributed by atoms with Crippen LogP contribution in [0, 0.1) is 5.92 Å². The molecule has 1 unspecified atom stereocenters. The summed E-state index contributed by atoms with van der Waals surface area (Å²) in [6.07, 6.45) is 3.34. The number of benzene rings is 1. The van der Waals surface area contributed by atoms with E-state index < -0.39 is 0 Å². The average Bonchev–Trinajstić information content (AvgIpc) is 2.90. The van der Waals surface area contributed by atoms with E-state index in [1.807, 2.05) is 12.1 Å². The Bertz CT molecular complexity index is 468. The standard InChI is InChI=1S/C16H24ClNO2/c1-11(2)16(8-5-9-18-16)10-12-6-7-13(19-3)15(20-4)14(12)17/h6-7,11,18H,5,8-10H2,1-4H3. The molecule has 0 spiro atoms. The lowest BCUT2D eigenvalue weighted by Crippen LogP contribution is -2.46. The topological polar surface area (TPSA) is 30.5 Å². The average molecular weight is 298 g/mol. The van der Waals surface area contributed by atoms with Gasteiger partial charge in [0, 0.05) is 5.54 Å². The lowest BCUT2D eigenvalue weighted by Gasteiger charge is -2.34. The lowest BCUT2D eigenvalue weighted by molar-refractivity contribution is 0.269. The van der Waals surface area contributed by atoms with Crippen molar-refractivity contribution in [2.75, 3.05) is 20.8 Å². The van der Waals surface area contributed by atoms with Crippen LogP contribution in [0.1, 0.15) is 32.3 Å². The smallest absolute Gasteiger partial charge is 0.179 e. The molecule has 1 fully saturated rings.